The van der Waals surface area contributed by atoms with E-state index in [9.17, 15) is 4.79 Å². The van der Waals surface area contributed by atoms with E-state index in [1.165, 1.54) is 32.1 Å². The molecule has 3 nitrogen and oxygen atoms in total. The molecule has 3 heteroatoms. The minimum absolute atomic E-state index is 0.134. The maximum Gasteiger partial charge on any atom is 0.410 e. The number of carbonyl (C=O) groups excluding carboxylic acids is 1. The first-order chi connectivity index (χ1) is 8.34. The third-order valence-electron chi connectivity index (χ3n) is 4.45. The average Bonchev–Trinajstić information content (AvgIpc) is 2.23. The number of hydrogen-bond donors (Lipinski definition) is 0. The summed E-state index contributed by atoms with van der Waals surface area (Å²) in [7, 11) is 0. The van der Waals surface area contributed by atoms with Crippen molar-refractivity contribution in [2.75, 3.05) is 13.1 Å². The smallest absolute Gasteiger partial charge is 0.410 e. The molecule has 0 unspecified atom stereocenters. The number of hydrogen-bond acceptors (Lipinski definition) is 2. The van der Waals surface area contributed by atoms with Gasteiger partial charge in [0.25, 0.3) is 0 Å². The summed E-state index contributed by atoms with van der Waals surface area (Å²) in [5, 5.41) is 0. The van der Waals surface area contributed by atoms with Crippen LogP contribution in [0.5, 0.6) is 0 Å². The number of likely N-dealkylation sites (tertiary alicyclic amines) is 1. The highest BCUT2D eigenvalue weighted by Crippen LogP contribution is 2.46. The van der Waals surface area contributed by atoms with Crippen molar-refractivity contribution in [3.05, 3.63) is 0 Å². The molecular formula is C15H27NO2. The summed E-state index contributed by atoms with van der Waals surface area (Å²) in [4.78, 5) is 13.8. The Bertz CT molecular complexity index is 303. The minimum atomic E-state index is -0.375. The number of ether oxygens (including phenoxy) is 1. The van der Waals surface area contributed by atoms with Crippen LogP contribution >= 0.6 is 0 Å². The number of carbonyl (C=O) groups is 1. The summed E-state index contributed by atoms with van der Waals surface area (Å²) in [5.41, 5.74) is 0.0578. The van der Waals surface area contributed by atoms with Gasteiger partial charge in [0.05, 0.1) is 0 Å². The molecule has 1 spiro atoms. The van der Waals surface area contributed by atoms with Crippen LogP contribution in [-0.2, 0) is 4.74 Å². The highest BCUT2D eigenvalue weighted by molar-refractivity contribution is 5.69. The van der Waals surface area contributed by atoms with Crippen molar-refractivity contribution in [3.8, 4) is 0 Å². The highest BCUT2D eigenvalue weighted by Gasteiger charge is 2.47. The molecule has 0 atom stereocenters. The monoisotopic (exact) mass is 253 g/mol. The van der Waals surface area contributed by atoms with Gasteiger partial charge in [0.2, 0.25) is 0 Å². The second-order valence-corrected chi connectivity index (χ2v) is 7.19. The third kappa shape index (κ3) is 2.99. The summed E-state index contributed by atoms with van der Waals surface area (Å²) >= 11 is 0. The van der Waals surface area contributed by atoms with Crippen LogP contribution in [0, 0.1) is 11.3 Å². The SMILES string of the molecule is CCC1CCC2(CC1)CN(C(=O)OC(C)(C)C)C2. The highest BCUT2D eigenvalue weighted by atomic mass is 16.6. The second-order valence-electron chi connectivity index (χ2n) is 7.19. The predicted octanol–water partition coefficient (Wildman–Crippen LogP) is 3.82. The quantitative estimate of drug-likeness (QED) is 0.711. The molecule has 104 valence electrons. The van der Waals surface area contributed by atoms with Gasteiger partial charge in [0.1, 0.15) is 5.60 Å². The van der Waals surface area contributed by atoms with Crippen molar-refractivity contribution < 1.29 is 9.53 Å². The van der Waals surface area contributed by atoms with E-state index >= 15 is 0 Å². The van der Waals surface area contributed by atoms with Gasteiger partial charge in [0, 0.05) is 18.5 Å². The van der Waals surface area contributed by atoms with Gasteiger partial charge < -0.3 is 9.64 Å². The standard InChI is InChI=1S/C15H27NO2/c1-5-12-6-8-15(9-7-12)10-16(11-15)13(17)18-14(2,3)4/h12H,5-11H2,1-4H3. The molecule has 0 radical (unpaired) electrons. The fourth-order valence-electron chi connectivity index (χ4n) is 3.23. The van der Waals surface area contributed by atoms with Gasteiger partial charge in [-0.2, -0.15) is 0 Å². The van der Waals surface area contributed by atoms with Crippen molar-refractivity contribution in [2.24, 2.45) is 11.3 Å². The Balaban J connectivity index is 1.78. The topological polar surface area (TPSA) is 29.5 Å². The molecule has 0 bridgehead atoms. The third-order valence-corrected chi connectivity index (χ3v) is 4.45. The molecule has 1 aliphatic carbocycles. The average molecular weight is 253 g/mol. The van der Waals surface area contributed by atoms with Gasteiger partial charge in [-0.1, -0.05) is 13.3 Å². The Morgan fingerprint density at radius 3 is 2.28 bits per heavy atom. The molecular weight excluding hydrogens is 226 g/mol. The van der Waals surface area contributed by atoms with Gasteiger partial charge in [-0.05, 0) is 52.4 Å². The largest absolute Gasteiger partial charge is 0.444 e. The van der Waals surface area contributed by atoms with Crippen molar-refractivity contribution in [2.45, 2.75) is 65.4 Å². The molecule has 1 amide bonds. The molecule has 0 aromatic rings. The predicted molar refractivity (Wildman–Crippen MR) is 72.5 cm³/mol. The van der Waals surface area contributed by atoms with Crippen LogP contribution < -0.4 is 0 Å². The Morgan fingerprint density at radius 1 is 1.28 bits per heavy atom. The lowest BCUT2D eigenvalue weighted by Crippen LogP contribution is -2.60. The van der Waals surface area contributed by atoms with E-state index in [4.69, 9.17) is 4.74 Å². The molecule has 2 aliphatic rings. The number of rotatable bonds is 1. The van der Waals surface area contributed by atoms with Crippen molar-refractivity contribution >= 4 is 6.09 Å². The minimum Gasteiger partial charge on any atom is -0.444 e. The maximum atomic E-state index is 11.9. The summed E-state index contributed by atoms with van der Waals surface area (Å²) < 4.78 is 5.40. The van der Waals surface area contributed by atoms with E-state index in [1.807, 2.05) is 25.7 Å². The Morgan fingerprint density at radius 2 is 1.83 bits per heavy atom. The maximum absolute atomic E-state index is 11.9. The molecule has 1 saturated carbocycles. The number of amides is 1. The molecule has 1 aliphatic heterocycles. The van der Waals surface area contributed by atoms with Crippen molar-refractivity contribution in [1.29, 1.82) is 0 Å². The molecule has 1 heterocycles. The zero-order valence-electron chi connectivity index (χ0n) is 12.3. The first-order valence-corrected chi connectivity index (χ1v) is 7.31. The van der Waals surface area contributed by atoms with Gasteiger partial charge >= 0.3 is 6.09 Å². The first-order valence-electron chi connectivity index (χ1n) is 7.31. The molecule has 18 heavy (non-hydrogen) atoms. The Hall–Kier alpha value is -0.730. The molecule has 0 N–H and O–H groups in total. The van der Waals surface area contributed by atoms with Gasteiger partial charge in [0.15, 0.2) is 0 Å². The number of nitrogens with zero attached hydrogens (tertiary/aromatic N) is 1. The zero-order valence-corrected chi connectivity index (χ0v) is 12.3. The normalized spacial score (nSPS) is 23.9. The van der Waals surface area contributed by atoms with Crippen LogP contribution in [0.4, 0.5) is 4.79 Å². The first kappa shape index (κ1) is 13.7. The van der Waals surface area contributed by atoms with Crippen molar-refractivity contribution in [1.82, 2.24) is 4.90 Å². The Labute approximate surface area is 111 Å². The van der Waals surface area contributed by atoms with E-state index in [0.717, 1.165) is 19.0 Å². The summed E-state index contributed by atoms with van der Waals surface area (Å²) in [5.74, 6) is 0.922. The second kappa shape index (κ2) is 4.75. The lowest BCUT2D eigenvalue weighted by Gasteiger charge is -2.53. The van der Waals surface area contributed by atoms with Crippen LogP contribution in [0.3, 0.4) is 0 Å². The fraction of sp³-hybridized carbons (Fsp3) is 0.933. The van der Waals surface area contributed by atoms with Crippen molar-refractivity contribution in [3.63, 3.8) is 0 Å². The molecule has 0 aromatic carbocycles. The molecule has 1 saturated heterocycles. The van der Waals surface area contributed by atoms with Gasteiger partial charge in [-0.15, -0.1) is 0 Å². The lowest BCUT2D eigenvalue weighted by molar-refractivity contribution is -0.0544. The summed E-state index contributed by atoms with van der Waals surface area (Å²) in [6.45, 7) is 9.89. The fourth-order valence-corrected chi connectivity index (χ4v) is 3.23. The van der Waals surface area contributed by atoms with Gasteiger partial charge in [-0.25, -0.2) is 4.79 Å². The van der Waals surface area contributed by atoms with Crippen LogP contribution in [-0.4, -0.2) is 29.7 Å². The molecule has 2 rings (SSSR count). The van der Waals surface area contributed by atoms with Crippen LogP contribution in [0.25, 0.3) is 0 Å². The van der Waals surface area contributed by atoms with E-state index in [-0.39, 0.29) is 11.7 Å². The zero-order chi connectivity index (χ0) is 13.4. The molecule has 2 fully saturated rings. The summed E-state index contributed by atoms with van der Waals surface area (Å²) in [6, 6.07) is 0. The Kier molecular flexibility index (Phi) is 3.61. The molecule has 0 aromatic heterocycles. The van der Waals surface area contributed by atoms with E-state index < -0.39 is 0 Å². The van der Waals surface area contributed by atoms with E-state index in [2.05, 4.69) is 6.92 Å². The van der Waals surface area contributed by atoms with E-state index in [1.54, 1.807) is 0 Å². The summed E-state index contributed by atoms with van der Waals surface area (Å²) in [6.07, 6.45) is 6.46. The van der Waals surface area contributed by atoms with E-state index in [0.29, 0.717) is 5.41 Å². The van der Waals surface area contributed by atoms with Crippen LogP contribution in [0.2, 0.25) is 0 Å². The van der Waals surface area contributed by atoms with Crippen LogP contribution in [0.15, 0.2) is 0 Å². The van der Waals surface area contributed by atoms with Gasteiger partial charge in [-0.3, -0.25) is 0 Å². The lowest BCUT2D eigenvalue weighted by atomic mass is 9.65. The van der Waals surface area contributed by atoms with Crippen LogP contribution in [0.1, 0.15) is 59.8 Å².